The third-order valence-electron chi connectivity index (χ3n) is 4.76. The monoisotopic (exact) mass is 322 g/mol. The smallest absolute Gasteiger partial charge is 0.307 e. The molecule has 0 radical (unpaired) electrons. The van der Waals surface area contributed by atoms with Crippen molar-refractivity contribution in [1.29, 1.82) is 0 Å². The van der Waals surface area contributed by atoms with Gasteiger partial charge in [-0.25, -0.2) is 0 Å². The van der Waals surface area contributed by atoms with Gasteiger partial charge in [0.1, 0.15) is 11.9 Å². The Kier molecular flexibility index (Phi) is 5.42. The molecule has 1 aliphatic carbocycles. The average molecular weight is 322 g/mol. The van der Waals surface area contributed by atoms with E-state index in [0.717, 1.165) is 18.4 Å². The molecule has 0 aromatic rings. The fraction of sp³-hybridized carbons (Fsp3) is 0.667. The number of hydrogen-bond acceptors (Lipinski definition) is 5. The molecule has 1 spiro atoms. The maximum absolute atomic E-state index is 12.5. The lowest BCUT2D eigenvalue weighted by molar-refractivity contribution is -0.146. The van der Waals surface area contributed by atoms with Crippen LogP contribution < -0.4 is 0 Å². The molecule has 1 saturated heterocycles. The Balaban J connectivity index is 2.17. The molecule has 2 fully saturated rings. The minimum atomic E-state index is -1.05. The first-order valence-corrected chi connectivity index (χ1v) is 8.14. The van der Waals surface area contributed by atoms with Crippen molar-refractivity contribution in [1.82, 2.24) is 0 Å². The Bertz CT molecular complexity index is 544. The van der Waals surface area contributed by atoms with Crippen LogP contribution in [0, 0.1) is 5.41 Å². The van der Waals surface area contributed by atoms with Crippen molar-refractivity contribution in [2.24, 2.45) is 5.41 Å². The minimum Gasteiger partial charge on any atom is -0.457 e. The zero-order valence-electron chi connectivity index (χ0n) is 14.0. The number of allylic oxidation sites excluding steroid dienone is 3. The van der Waals surface area contributed by atoms with Crippen LogP contribution in [0.15, 0.2) is 23.3 Å². The van der Waals surface area contributed by atoms with E-state index in [1.54, 1.807) is 0 Å². The van der Waals surface area contributed by atoms with Crippen molar-refractivity contribution in [3.8, 4) is 0 Å². The lowest BCUT2D eigenvalue weighted by Crippen LogP contribution is -2.50. The summed E-state index contributed by atoms with van der Waals surface area (Å²) in [5.41, 5.74) is 1.28. The molecule has 0 bridgehead atoms. The van der Waals surface area contributed by atoms with E-state index in [2.05, 4.69) is 6.08 Å². The molecule has 2 aliphatic rings. The van der Waals surface area contributed by atoms with Crippen LogP contribution >= 0.6 is 0 Å². The number of ketones is 1. The predicted molar refractivity (Wildman–Crippen MR) is 85.6 cm³/mol. The molecule has 5 nitrogen and oxygen atoms in total. The molecule has 2 rings (SSSR count). The average Bonchev–Trinajstić information content (AvgIpc) is 2.73. The van der Waals surface area contributed by atoms with Crippen LogP contribution in [0.3, 0.4) is 0 Å². The van der Waals surface area contributed by atoms with Crippen molar-refractivity contribution in [2.75, 3.05) is 0 Å². The van der Waals surface area contributed by atoms with E-state index in [1.807, 2.05) is 26.8 Å². The maximum atomic E-state index is 12.5. The van der Waals surface area contributed by atoms with Crippen molar-refractivity contribution in [2.45, 2.75) is 71.2 Å². The highest BCUT2D eigenvalue weighted by Gasteiger charge is 2.57. The quantitative estimate of drug-likeness (QED) is 0.611. The van der Waals surface area contributed by atoms with E-state index in [4.69, 9.17) is 4.74 Å². The molecule has 1 saturated carbocycles. The number of aliphatic hydroxyl groups excluding tert-OH is 2. The van der Waals surface area contributed by atoms with Gasteiger partial charge in [0.25, 0.3) is 0 Å². The number of rotatable bonds is 4. The summed E-state index contributed by atoms with van der Waals surface area (Å²) in [5, 5.41) is 19.6. The van der Waals surface area contributed by atoms with Gasteiger partial charge in [-0.15, -0.1) is 0 Å². The third kappa shape index (κ3) is 3.90. The molecular weight excluding hydrogens is 296 g/mol. The van der Waals surface area contributed by atoms with Crippen molar-refractivity contribution in [3.63, 3.8) is 0 Å². The van der Waals surface area contributed by atoms with Gasteiger partial charge in [0.2, 0.25) is 0 Å². The van der Waals surface area contributed by atoms with E-state index in [9.17, 15) is 19.8 Å². The SMILES string of the molecule is CC(C)=CCCC(C)=C[C@H]1OC(=O)C[C@]12C[C@H](O)[C@H](O)CC2=O. The molecule has 128 valence electrons. The highest BCUT2D eigenvalue weighted by molar-refractivity contribution is 5.93. The number of hydrogen-bond donors (Lipinski definition) is 2. The summed E-state index contributed by atoms with van der Waals surface area (Å²) >= 11 is 0. The number of cyclic esters (lactones) is 1. The van der Waals surface area contributed by atoms with Gasteiger partial charge in [-0.1, -0.05) is 17.2 Å². The standard InChI is InChI=1S/C18H26O5/c1-11(2)5-4-6-12(3)7-16-18(10-17(22)23-16)9-14(20)13(19)8-15(18)21/h5,7,13-14,16,19-20H,4,6,8-10H2,1-3H3/t13-,14+,16-,18+/m1/s1. The van der Waals surface area contributed by atoms with Crippen LogP contribution in [0.5, 0.6) is 0 Å². The molecule has 4 atom stereocenters. The second kappa shape index (κ2) is 6.97. The molecule has 0 amide bonds. The van der Waals surface area contributed by atoms with Gasteiger partial charge < -0.3 is 14.9 Å². The van der Waals surface area contributed by atoms with Crippen molar-refractivity contribution < 1.29 is 24.5 Å². The number of esters is 1. The predicted octanol–water partition coefficient (Wildman–Crippen LogP) is 2.07. The van der Waals surface area contributed by atoms with Gasteiger partial charge in [-0.2, -0.15) is 0 Å². The zero-order valence-corrected chi connectivity index (χ0v) is 14.0. The van der Waals surface area contributed by atoms with Crippen LogP contribution in [-0.4, -0.2) is 40.3 Å². The fourth-order valence-corrected chi connectivity index (χ4v) is 3.38. The molecule has 23 heavy (non-hydrogen) atoms. The normalized spacial score (nSPS) is 34.7. The van der Waals surface area contributed by atoms with Crippen LogP contribution in [0.4, 0.5) is 0 Å². The van der Waals surface area contributed by atoms with Gasteiger partial charge in [-0.3, -0.25) is 9.59 Å². The summed E-state index contributed by atoms with van der Waals surface area (Å²) in [5.74, 6) is -0.611. The zero-order chi connectivity index (χ0) is 17.2. The first-order chi connectivity index (χ1) is 10.7. The Labute approximate surface area is 137 Å². The Morgan fingerprint density at radius 3 is 2.61 bits per heavy atom. The van der Waals surface area contributed by atoms with Crippen molar-refractivity contribution >= 4 is 11.8 Å². The summed E-state index contributed by atoms with van der Waals surface area (Å²) in [7, 11) is 0. The lowest BCUT2D eigenvalue weighted by Gasteiger charge is -2.38. The molecule has 0 aromatic carbocycles. The summed E-state index contributed by atoms with van der Waals surface area (Å²) in [6, 6.07) is 0. The number of aliphatic hydroxyl groups is 2. The molecule has 1 aliphatic heterocycles. The van der Waals surface area contributed by atoms with Gasteiger partial charge in [0.05, 0.1) is 24.0 Å². The fourth-order valence-electron chi connectivity index (χ4n) is 3.38. The maximum Gasteiger partial charge on any atom is 0.307 e. The molecule has 5 heteroatoms. The van der Waals surface area contributed by atoms with Crippen LogP contribution in [0.2, 0.25) is 0 Å². The van der Waals surface area contributed by atoms with Gasteiger partial charge in [0.15, 0.2) is 0 Å². The second-order valence-corrected chi connectivity index (χ2v) is 7.04. The molecule has 1 heterocycles. The number of carbonyl (C=O) groups excluding carboxylic acids is 2. The van der Waals surface area contributed by atoms with Crippen LogP contribution in [0.1, 0.15) is 52.9 Å². The highest BCUT2D eigenvalue weighted by Crippen LogP contribution is 2.46. The summed E-state index contributed by atoms with van der Waals surface area (Å²) in [4.78, 5) is 24.3. The molecule has 2 N–H and O–H groups in total. The van der Waals surface area contributed by atoms with Gasteiger partial charge >= 0.3 is 5.97 Å². The second-order valence-electron chi connectivity index (χ2n) is 7.04. The lowest BCUT2D eigenvalue weighted by atomic mass is 9.66. The first kappa shape index (κ1) is 17.9. The molecular formula is C18H26O5. The Morgan fingerprint density at radius 2 is 1.96 bits per heavy atom. The number of Topliss-reactive ketones (excluding diaryl/α,β-unsaturated/α-hetero) is 1. The minimum absolute atomic E-state index is 0.0158. The van der Waals surface area contributed by atoms with E-state index in [1.165, 1.54) is 5.57 Å². The van der Waals surface area contributed by atoms with Gasteiger partial charge in [0, 0.05) is 6.42 Å². The topological polar surface area (TPSA) is 83.8 Å². The van der Waals surface area contributed by atoms with E-state index in [0.29, 0.717) is 0 Å². The van der Waals surface area contributed by atoms with Crippen LogP contribution in [-0.2, 0) is 14.3 Å². The first-order valence-electron chi connectivity index (χ1n) is 8.14. The summed E-state index contributed by atoms with van der Waals surface area (Å²) in [6.07, 6.45) is 2.94. The third-order valence-corrected chi connectivity index (χ3v) is 4.76. The van der Waals surface area contributed by atoms with Crippen LogP contribution in [0.25, 0.3) is 0 Å². The van der Waals surface area contributed by atoms with E-state index in [-0.39, 0.29) is 25.0 Å². The van der Waals surface area contributed by atoms with E-state index < -0.39 is 29.7 Å². The summed E-state index contributed by atoms with van der Waals surface area (Å²) < 4.78 is 5.36. The summed E-state index contributed by atoms with van der Waals surface area (Å²) in [6.45, 7) is 6.04. The Morgan fingerprint density at radius 1 is 1.26 bits per heavy atom. The number of ether oxygens (including phenoxy) is 1. The molecule has 0 unspecified atom stereocenters. The number of carbonyl (C=O) groups is 2. The van der Waals surface area contributed by atoms with Gasteiger partial charge in [-0.05, 0) is 46.1 Å². The van der Waals surface area contributed by atoms with Crippen molar-refractivity contribution in [3.05, 3.63) is 23.3 Å². The Hall–Kier alpha value is -1.46. The largest absolute Gasteiger partial charge is 0.457 e. The highest BCUT2D eigenvalue weighted by atomic mass is 16.6. The van der Waals surface area contributed by atoms with E-state index >= 15 is 0 Å². The molecule has 0 aromatic heterocycles.